The normalized spacial score (nSPS) is 25.1. The molecule has 1 spiro atoms. The summed E-state index contributed by atoms with van der Waals surface area (Å²) in [6, 6.07) is 6.83. The molecule has 3 amide bonds. The molecule has 252 valence electrons. The zero-order chi connectivity index (χ0) is 33.4. The van der Waals surface area contributed by atoms with E-state index in [0.717, 1.165) is 18.8 Å². The highest BCUT2D eigenvalue weighted by Crippen LogP contribution is 2.59. The Hall–Kier alpha value is -3.70. The molecular formula is C35H50N4O7. The Balaban J connectivity index is 1.60. The number of benzene rings is 1. The number of hydrogen-bond acceptors (Lipinski definition) is 8. The molecular weight excluding hydrogens is 588 g/mol. The Morgan fingerprint density at radius 2 is 1.85 bits per heavy atom. The van der Waals surface area contributed by atoms with Crippen LogP contribution in [0.25, 0.3) is 0 Å². The highest BCUT2D eigenvalue weighted by Gasteiger charge is 2.75. The van der Waals surface area contributed by atoms with Gasteiger partial charge in [0, 0.05) is 50.6 Å². The molecule has 3 aliphatic heterocycles. The van der Waals surface area contributed by atoms with Crippen LogP contribution in [-0.2, 0) is 28.7 Å². The Kier molecular flexibility index (Phi) is 12.0. The van der Waals surface area contributed by atoms with Gasteiger partial charge in [0.15, 0.2) is 0 Å². The standard InChI is InChI=1S/C35H50N4O7/c1-6-10-13-28(41)36-23-24(5)45-34(44)29-27-18-19-35(46-27)30(29)32(42)39(21-11-12-22-40)31(35)33(43)38(20-7-2)26-16-14-25(15-17-26)37(8-3)9-4/h6-7,14-17,24,27,29-31,40H,1-2,8-13,18-23H2,3-5H3,(H,36,41)/t24-,27-,29+,30+,31-,35+/m1/s1. The van der Waals surface area contributed by atoms with Crippen LogP contribution in [0, 0.1) is 11.8 Å². The lowest BCUT2D eigenvalue weighted by Gasteiger charge is -2.37. The van der Waals surface area contributed by atoms with Crippen molar-refractivity contribution >= 4 is 35.1 Å². The van der Waals surface area contributed by atoms with Gasteiger partial charge in [0.2, 0.25) is 11.8 Å². The summed E-state index contributed by atoms with van der Waals surface area (Å²) in [6.45, 7) is 15.7. The molecule has 6 atom stereocenters. The second kappa shape index (κ2) is 15.7. The fourth-order valence-electron chi connectivity index (χ4n) is 7.26. The maximum absolute atomic E-state index is 14.6. The second-order valence-electron chi connectivity index (χ2n) is 12.3. The molecule has 2 bridgehead atoms. The number of carbonyl (C=O) groups excluding carboxylic acids is 4. The van der Waals surface area contributed by atoms with Crippen LogP contribution in [0.5, 0.6) is 0 Å². The number of rotatable bonds is 18. The van der Waals surface area contributed by atoms with Crippen molar-refractivity contribution in [2.45, 2.75) is 83.1 Å². The molecule has 1 aromatic carbocycles. The summed E-state index contributed by atoms with van der Waals surface area (Å²) in [5.41, 5.74) is 0.547. The van der Waals surface area contributed by atoms with Gasteiger partial charge < -0.3 is 34.6 Å². The fraction of sp³-hybridized carbons (Fsp3) is 0.600. The van der Waals surface area contributed by atoms with Gasteiger partial charge in [-0.15, -0.1) is 13.2 Å². The first kappa shape index (κ1) is 35.2. The van der Waals surface area contributed by atoms with Crippen LogP contribution < -0.4 is 15.1 Å². The quantitative estimate of drug-likeness (QED) is 0.143. The topological polar surface area (TPSA) is 129 Å². The third-order valence-electron chi connectivity index (χ3n) is 9.46. The van der Waals surface area contributed by atoms with E-state index in [9.17, 15) is 24.3 Å². The number of aliphatic hydroxyl groups excluding tert-OH is 1. The number of nitrogens with one attached hydrogen (secondary N) is 1. The molecule has 3 heterocycles. The maximum atomic E-state index is 14.6. The molecule has 0 unspecified atom stereocenters. The molecule has 11 heteroatoms. The highest BCUT2D eigenvalue weighted by atomic mass is 16.6. The third kappa shape index (κ3) is 7.00. The molecule has 0 aliphatic carbocycles. The van der Waals surface area contributed by atoms with E-state index >= 15 is 0 Å². The molecule has 4 rings (SSSR count). The third-order valence-corrected chi connectivity index (χ3v) is 9.46. The molecule has 1 aromatic rings. The number of aliphatic hydroxyl groups is 1. The van der Waals surface area contributed by atoms with E-state index in [1.54, 1.807) is 28.9 Å². The summed E-state index contributed by atoms with van der Waals surface area (Å²) < 4.78 is 12.3. The van der Waals surface area contributed by atoms with Crippen molar-refractivity contribution in [3.63, 3.8) is 0 Å². The Labute approximate surface area is 272 Å². The first-order valence-corrected chi connectivity index (χ1v) is 16.6. The largest absolute Gasteiger partial charge is 0.460 e. The van der Waals surface area contributed by atoms with Crippen molar-refractivity contribution in [1.82, 2.24) is 10.2 Å². The lowest BCUT2D eigenvalue weighted by Crippen LogP contribution is -2.56. The van der Waals surface area contributed by atoms with E-state index in [1.165, 1.54) is 0 Å². The molecule has 0 radical (unpaired) electrons. The van der Waals surface area contributed by atoms with E-state index in [1.807, 2.05) is 24.3 Å². The van der Waals surface area contributed by atoms with Crippen molar-refractivity contribution in [3.8, 4) is 0 Å². The SMILES string of the molecule is C=CCCC(=O)NC[C@@H](C)OC(=O)[C@@H]1[C@H]2C(=O)N(CCCCO)[C@H](C(=O)N(CC=C)c3ccc(N(CC)CC)cc3)[C@]23CC[C@H]1O3. The molecule has 2 N–H and O–H groups in total. The van der Waals surface area contributed by atoms with Crippen LogP contribution in [0.3, 0.4) is 0 Å². The minimum atomic E-state index is -1.18. The number of esters is 1. The van der Waals surface area contributed by atoms with Gasteiger partial charge >= 0.3 is 5.97 Å². The van der Waals surface area contributed by atoms with E-state index in [0.29, 0.717) is 44.2 Å². The number of amides is 3. The summed E-state index contributed by atoms with van der Waals surface area (Å²) in [5.74, 6) is -3.05. The van der Waals surface area contributed by atoms with Gasteiger partial charge in [-0.1, -0.05) is 12.2 Å². The number of likely N-dealkylation sites (tertiary alicyclic amines) is 1. The van der Waals surface area contributed by atoms with E-state index < -0.39 is 41.7 Å². The minimum absolute atomic E-state index is 0.0355. The van der Waals surface area contributed by atoms with Crippen molar-refractivity contribution in [2.24, 2.45) is 11.8 Å². The van der Waals surface area contributed by atoms with Crippen LogP contribution in [0.1, 0.15) is 59.3 Å². The summed E-state index contributed by atoms with van der Waals surface area (Å²) in [4.78, 5) is 59.9. The zero-order valence-corrected chi connectivity index (χ0v) is 27.5. The Morgan fingerprint density at radius 1 is 1.15 bits per heavy atom. The van der Waals surface area contributed by atoms with Gasteiger partial charge in [0.25, 0.3) is 5.91 Å². The fourth-order valence-corrected chi connectivity index (χ4v) is 7.26. The molecule has 3 fully saturated rings. The Bertz CT molecular complexity index is 1270. The zero-order valence-electron chi connectivity index (χ0n) is 27.5. The van der Waals surface area contributed by atoms with E-state index in [-0.39, 0.29) is 44.0 Å². The molecule has 3 saturated heterocycles. The first-order chi connectivity index (χ1) is 22.2. The van der Waals surface area contributed by atoms with Gasteiger partial charge in [-0.3, -0.25) is 19.2 Å². The second-order valence-corrected chi connectivity index (χ2v) is 12.3. The minimum Gasteiger partial charge on any atom is -0.460 e. The average molecular weight is 639 g/mol. The summed E-state index contributed by atoms with van der Waals surface area (Å²) in [5, 5.41) is 12.2. The van der Waals surface area contributed by atoms with E-state index in [4.69, 9.17) is 9.47 Å². The van der Waals surface area contributed by atoms with Crippen LogP contribution in [-0.4, -0.2) is 96.9 Å². The van der Waals surface area contributed by atoms with Crippen LogP contribution in [0.15, 0.2) is 49.6 Å². The van der Waals surface area contributed by atoms with Gasteiger partial charge in [-0.05, 0) is 77.1 Å². The number of anilines is 2. The number of hydrogen-bond donors (Lipinski definition) is 2. The maximum Gasteiger partial charge on any atom is 0.312 e. The predicted molar refractivity (Wildman–Crippen MR) is 176 cm³/mol. The molecule has 11 nitrogen and oxygen atoms in total. The molecule has 0 aromatic heterocycles. The molecule has 0 saturated carbocycles. The van der Waals surface area contributed by atoms with Gasteiger partial charge in [0.05, 0.1) is 24.5 Å². The number of fused-ring (bicyclic) bond motifs is 1. The van der Waals surface area contributed by atoms with Gasteiger partial charge in [0.1, 0.15) is 17.7 Å². The van der Waals surface area contributed by atoms with Crippen molar-refractivity contribution in [1.29, 1.82) is 0 Å². The number of allylic oxidation sites excluding steroid dienone is 1. The van der Waals surface area contributed by atoms with Crippen molar-refractivity contribution in [2.75, 3.05) is 49.1 Å². The number of carbonyl (C=O) groups is 4. The number of nitrogens with zero attached hydrogens (tertiary/aromatic N) is 3. The number of ether oxygens (including phenoxy) is 2. The van der Waals surface area contributed by atoms with Crippen LogP contribution in [0.2, 0.25) is 0 Å². The summed E-state index contributed by atoms with van der Waals surface area (Å²) in [7, 11) is 0. The lowest BCUT2D eigenvalue weighted by molar-refractivity contribution is -0.159. The molecule has 3 aliphatic rings. The number of unbranched alkanes of at least 4 members (excludes halogenated alkanes) is 1. The summed E-state index contributed by atoms with van der Waals surface area (Å²) >= 11 is 0. The predicted octanol–water partition coefficient (Wildman–Crippen LogP) is 3.21. The van der Waals surface area contributed by atoms with E-state index in [2.05, 4.69) is 37.2 Å². The van der Waals surface area contributed by atoms with Crippen LogP contribution >= 0.6 is 0 Å². The van der Waals surface area contributed by atoms with Gasteiger partial charge in [-0.2, -0.15) is 0 Å². The van der Waals surface area contributed by atoms with Crippen molar-refractivity contribution < 1.29 is 33.8 Å². The highest BCUT2D eigenvalue weighted by molar-refractivity contribution is 6.04. The van der Waals surface area contributed by atoms with Crippen LogP contribution in [0.4, 0.5) is 11.4 Å². The summed E-state index contributed by atoms with van der Waals surface area (Å²) in [6.07, 6.45) is 4.94. The smallest absolute Gasteiger partial charge is 0.312 e. The first-order valence-electron chi connectivity index (χ1n) is 16.6. The average Bonchev–Trinajstić information content (AvgIpc) is 3.70. The van der Waals surface area contributed by atoms with Crippen molar-refractivity contribution in [3.05, 3.63) is 49.6 Å². The molecule has 46 heavy (non-hydrogen) atoms. The monoisotopic (exact) mass is 638 g/mol. The lowest BCUT2D eigenvalue weighted by atomic mass is 9.70. The Morgan fingerprint density at radius 3 is 2.48 bits per heavy atom. The van der Waals surface area contributed by atoms with Gasteiger partial charge in [-0.25, -0.2) is 0 Å².